The first-order chi connectivity index (χ1) is 37.5. The van der Waals surface area contributed by atoms with E-state index in [-0.39, 0.29) is 25.1 Å². The van der Waals surface area contributed by atoms with E-state index in [2.05, 4.69) is 64.8 Å². The van der Waals surface area contributed by atoms with Gasteiger partial charge in [-0.05, 0) is 83.1 Å². The second-order valence-corrected chi connectivity index (χ2v) is 20.3. The molecule has 78 heavy (non-hydrogen) atoms. The van der Waals surface area contributed by atoms with Gasteiger partial charge in [0.05, 0.1) is 25.4 Å². The van der Waals surface area contributed by atoms with E-state index in [0.29, 0.717) is 32.1 Å². The zero-order chi connectivity index (χ0) is 57.3. The monoisotopic (exact) mass is 1130 g/mol. The van der Waals surface area contributed by atoms with Crippen molar-refractivity contribution >= 4 is 33.4 Å². The van der Waals surface area contributed by atoms with Crippen molar-refractivity contribution in [2.45, 2.75) is 147 Å². The van der Waals surface area contributed by atoms with Gasteiger partial charge in [0.15, 0.2) is 12.3 Å². The number of ether oxygens (including phenoxy) is 3. The molecule has 1 aromatic heterocycles. The fraction of sp³-hybridized carbons (Fsp3) is 0.464. The standard InChI is InChI=1S/C56H81N3O17P2/c1-3-5-7-8-9-10-11-12-13-14-15-16-17-18-19-20-24-27-33-39-51(62)71-43-48(74-52(63)40-34-28-32-38-47(61)37-31-26-23-21-22-25-30-36-46(60)35-29-6-4-2)44-72-77(67,68)76-78(69,70)73-45-49-53(64)54(65)55(75-49)59-42-41-50(57)58-56(59)66/h5-7,9-10,12-13,15-16,18-19,22-27,29-32,36-38,41-42,46-49,53-55,60-61,64-65H,3-4,8,11,14,17,20-21,28,33-35,39-40,43-45H2,1-2H3,(H,67,68)(H,69,70)(H2,57,58,66)/b7-5-,10-9-,13-12-,16-15-,19-18-,25-22-,26-23-,27-24-,29-6-,36-30+,37-31+,38-32-/t46-,47-,48+,49+,53+,54+,55+/m0/s1. The van der Waals surface area contributed by atoms with Crippen LogP contribution in [0.3, 0.4) is 0 Å². The molecule has 20 nitrogen and oxygen atoms in total. The SMILES string of the molecule is CC/C=C\C/C=C\C/C=C\C/C=C\C/C=C\C/C=C\CCC(=O)OC[C@H](COP(=O)(O)OP(=O)(O)OC[C@H]1O[C@@H](n2ccc(N)nc2=O)[C@H](O)[C@@H]1O)OC(=O)CCC/C=C\[C@@H](O)/C=C/C=C\C/C=C\C=C\[C@@H](O)C/C=C\CC. The van der Waals surface area contributed by atoms with Crippen LogP contribution in [0.15, 0.2) is 163 Å². The van der Waals surface area contributed by atoms with E-state index in [0.717, 1.165) is 49.3 Å². The molecule has 0 bridgehead atoms. The highest BCUT2D eigenvalue weighted by Gasteiger charge is 2.46. The Bertz CT molecular complexity index is 2420. The molecule has 1 saturated heterocycles. The first-order valence-corrected chi connectivity index (χ1v) is 29.1. The van der Waals surface area contributed by atoms with Gasteiger partial charge < -0.3 is 50.2 Å². The Hall–Kier alpha value is -5.44. The predicted molar refractivity (Wildman–Crippen MR) is 300 cm³/mol. The van der Waals surface area contributed by atoms with Gasteiger partial charge >= 0.3 is 33.3 Å². The van der Waals surface area contributed by atoms with E-state index in [1.165, 1.54) is 12.1 Å². The van der Waals surface area contributed by atoms with Crippen molar-refractivity contribution in [3.63, 3.8) is 0 Å². The molecule has 2 unspecified atom stereocenters. The number of nitrogen functional groups attached to an aromatic ring is 1. The molecule has 2 heterocycles. The van der Waals surface area contributed by atoms with Crippen LogP contribution in [-0.2, 0) is 46.3 Å². The Morgan fingerprint density at radius 2 is 1.26 bits per heavy atom. The number of phosphoric acid groups is 2. The molecule has 0 saturated carbocycles. The second kappa shape index (κ2) is 41.6. The maximum Gasteiger partial charge on any atom is 0.481 e. The number of unbranched alkanes of at least 4 members (excludes halogenated alkanes) is 1. The molecule has 9 atom stereocenters. The highest BCUT2D eigenvalue weighted by molar-refractivity contribution is 7.61. The Morgan fingerprint density at radius 3 is 1.87 bits per heavy atom. The number of hydrogen-bond donors (Lipinski definition) is 7. The third kappa shape index (κ3) is 33.8. The lowest BCUT2D eigenvalue weighted by Gasteiger charge is -2.21. The van der Waals surface area contributed by atoms with Crippen LogP contribution in [0.1, 0.15) is 110 Å². The molecule has 0 radical (unpaired) electrons. The Kier molecular flexibility index (Phi) is 36.6. The van der Waals surface area contributed by atoms with Gasteiger partial charge in [0, 0.05) is 19.0 Å². The van der Waals surface area contributed by atoms with Crippen molar-refractivity contribution in [2.24, 2.45) is 0 Å². The lowest BCUT2D eigenvalue weighted by molar-refractivity contribution is -0.161. The predicted octanol–water partition coefficient (Wildman–Crippen LogP) is 9.05. The molecule has 1 aliphatic heterocycles. The third-order valence-electron chi connectivity index (χ3n) is 10.6. The van der Waals surface area contributed by atoms with E-state index in [1.54, 1.807) is 42.5 Å². The number of aliphatic hydroxyl groups excluding tert-OH is 4. The molecule has 8 N–H and O–H groups in total. The van der Waals surface area contributed by atoms with Gasteiger partial charge in [-0.2, -0.15) is 9.29 Å². The summed E-state index contributed by atoms with van der Waals surface area (Å²) in [7, 11) is -11.0. The van der Waals surface area contributed by atoms with Crippen LogP contribution in [0.4, 0.5) is 5.82 Å². The molecular formula is C56H81N3O17P2. The topological polar surface area (TPSA) is 306 Å². The summed E-state index contributed by atoms with van der Waals surface area (Å²) in [5.74, 6) is -1.62. The van der Waals surface area contributed by atoms with Crippen LogP contribution in [0, 0.1) is 0 Å². The molecule has 0 aliphatic carbocycles. The number of carbonyl (C=O) groups excluding carboxylic acids is 2. The summed E-state index contributed by atoms with van der Waals surface area (Å²) in [5.41, 5.74) is 4.56. The molecule has 0 aromatic carbocycles. The molecule has 1 aromatic rings. The van der Waals surface area contributed by atoms with E-state index in [9.17, 15) is 53.7 Å². The smallest absolute Gasteiger partial charge is 0.462 e. The first kappa shape index (κ1) is 68.7. The summed E-state index contributed by atoms with van der Waals surface area (Å²) in [6.45, 7) is 1.57. The Morgan fingerprint density at radius 1 is 0.692 bits per heavy atom. The number of allylic oxidation sites excluding steroid dienone is 20. The number of rotatable bonds is 40. The van der Waals surface area contributed by atoms with Gasteiger partial charge in [-0.3, -0.25) is 23.2 Å². The molecule has 1 fully saturated rings. The number of nitrogens with two attached hydrogens (primary N) is 1. The quantitative estimate of drug-likeness (QED) is 0.0106. The summed E-state index contributed by atoms with van der Waals surface area (Å²) in [4.78, 5) is 61.9. The fourth-order valence-corrected chi connectivity index (χ4v) is 8.72. The van der Waals surface area contributed by atoms with Crippen molar-refractivity contribution in [1.29, 1.82) is 0 Å². The highest BCUT2D eigenvalue weighted by Crippen LogP contribution is 2.60. The average molecular weight is 1130 g/mol. The van der Waals surface area contributed by atoms with Gasteiger partial charge in [-0.25, -0.2) is 13.9 Å². The van der Waals surface area contributed by atoms with Crippen LogP contribution in [0.5, 0.6) is 0 Å². The molecule has 1 aliphatic rings. The van der Waals surface area contributed by atoms with Crippen LogP contribution < -0.4 is 11.4 Å². The number of aromatic nitrogens is 2. The van der Waals surface area contributed by atoms with Crippen LogP contribution >= 0.6 is 15.6 Å². The lowest BCUT2D eigenvalue weighted by atomic mass is 10.1. The van der Waals surface area contributed by atoms with E-state index < -0.39 is 95.9 Å². The molecule has 2 rings (SSSR count). The first-order valence-electron chi connectivity index (χ1n) is 26.1. The average Bonchev–Trinajstić information content (AvgIpc) is 3.70. The number of nitrogens with zero attached hydrogens (tertiary/aromatic N) is 2. The van der Waals surface area contributed by atoms with Crippen molar-refractivity contribution in [1.82, 2.24) is 9.55 Å². The van der Waals surface area contributed by atoms with Crippen molar-refractivity contribution in [3.05, 3.63) is 169 Å². The van der Waals surface area contributed by atoms with Crippen molar-refractivity contribution < 1.29 is 76.5 Å². The summed E-state index contributed by atoms with van der Waals surface area (Å²) in [5, 5.41) is 41.1. The maximum absolute atomic E-state index is 12.9. The molecular weight excluding hydrogens is 1050 g/mol. The van der Waals surface area contributed by atoms with E-state index >= 15 is 0 Å². The number of aliphatic hydroxyl groups is 4. The van der Waals surface area contributed by atoms with Crippen molar-refractivity contribution in [2.75, 3.05) is 25.6 Å². The number of esters is 2. The van der Waals surface area contributed by atoms with E-state index in [4.69, 9.17) is 29.0 Å². The molecule has 0 amide bonds. The summed E-state index contributed by atoms with van der Waals surface area (Å²) in [6.07, 6.45) is 45.8. The number of anilines is 1. The zero-order valence-electron chi connectivity index (χ0n) is 44.6. The summed E-state index contributed by atoms with van der Waals surface area (Å²) in [6, 6.07) is 1.23. The largest absolute Gasteiger partial charge is 0.481 e. The minimum atomic E-state index is -5.50. The minimum absolute atomic E-state index is 0.0514. The van der Waals surface area contributed by atoms with Crippen molar-refractivity contribution in [3.8, 4) is 0 Å². The Balaban J connectivity index is 1.90. The number of hydrogen-bond acceptors (Lipinski definition) is 17. The molecule has 22 heteroatoms. The summed E-state index contributed by atoms with van der Waals surface area (Å²) >= 11 is 0. The van der Waals surface area contributed by atoms with Crippen LogP contribution in [0.25, 0.3) is 0 Å². The van der Waals surface area contributed by atoms with Crippen LogP contribution in [-0.4, -0.2) is 108 Å². The van der Waals surface area contributed by atoms with Gasteiger partial charge in [-0.15, -0.1) is 0 Å². The maximum atomic E-state index is 12.9. The molecule has 0 spiro atoms. The zero-order valence-corrected chi connectivity index (χ0v) is 46.4. The number of phosphoric ester groups is 2. The number of carbonyl (C=O) groups is 2. The van der Waals surface area contributed by atoms with Gasteiger partial charge in [0.1, 0.15) is 30.7 Å². The van der Waals surface area contributed by atoms with Crippen LogP contribution in [0.2, 0.25) is 0 Å². The fourth-order valence-electron chi connectivity index (χ4n) is 6.61. The lowest BCUT2D eigenvalue weighted by Crippen LogP contribution is -2.36. The van der Waals surface area contributed by atoms with E-state index in [1.807, 2.05) is 55.5 Å². The molecule has 432 valence electrons. The third-order valence-corrected chi connectivity index (χ3v) is 13.2. The normalized spacial score (nSPS) is 20.5. The van der Waals surface area contributed by atoms with Gasteiger partial charge in [0.2, 0.25) is 0 Å². The highest BCUT2D eigenvalue weighted by atomic mass is 31.3. The minimum Gasteiger partial charge on any atom is -0.462 e. The second-order valence-electron chi connectivity index (χ2n) is 17.3. The summed E-state index contributed by atoms with van der Waals surface area (Å²) < 4.78 is 56.5. The van der Waals surface area contributed by atoms with Gasteiger partial charge in [-0.1, -0.05) is 160 Å². The van der Waals surface area contributed by atoms with Gasteiger partial charge in [0.25, 0.3) is 0 Å². The Labute approximate surface area is 458 Å².